The van der Waals surface area contributed by atoms with E-state index in [-0.39, 0.29) is 5.54 Å². The first-order valence-corrected chi connectivity index (χ1v) is 9.76. The standard InChI is InChI=1S/C23H22N2S/c1-23(25-14-13-24-18-25,17-22-8-5-15-26-22)16-19-9-11-21(12-10-19)20-6-3-2-4-7-20/h2-15,18H,16-17H2,1H3. The van der Waals surface area contributed by atoms with Crippen LogP contribution in [0.1, 0.15) is 17.4 Å². The Labute approximate surface area is 158 Å². The molecule has 2 aromatic heterocycles. The fourth-order valence-electron chi connectivity index (χ4n) is 3.50. The van der Waals surface area contributed by atoms with Crippen molar-refractivity contribution < 1.29 is 0 Å². The van der Waals surface area contributed by atoms with Gasteiger partial charge in [0, 0.05) is 23.7 Å². The molecule has 0 amide bonds. The lowest BCUT2D eigenvalue weighted by molar-refractivity contribution is 0.314. The predicted molar refractivity (Wildman–Crippen MR) is 109 cm³/mol. The van der Waals surface area contributed by atoms with Gasteiger partial charge in [-0.05, 0) is 41.5 Å². The second-order valence-electron chi connectivity index (χ2n) is 6.96. The van der Waals surface area contributed by atoms with Gasteiger partial charge in [-0.2, -0.15) is 0 Å². The molecule has 0 radical (unpaired) electrons. The van der Waals surface area contributed by atoms with E-state index in [9.17, 15) is 0 Å². The second kappa shape index (κ2) is 7.30. The summed E-state index contributed by atoms with van der Waals surface area (Å²) in [5, 5.41) is 2.15. The van der Waals surface area contributed by atoms with Crippen LogP contribution in [0.2, 0.25) is 0 Å². The molecule has 2 nitrogen and oxygen atoms in total. The summed E-state index contributed by atoms with van der Waals surface area (Å²) in [6.07, 6.45) is 7.85. The molecule has 26 heavy (non-hydrogen) atoms. The molecule has 0 fully saturated rings. The Hall–Kier alpha value is -2.65. The van der Waals surface area contributed by atoms with Crippen molar-refractivity contribution in [2.24, 2.45) is 0 Å². The predicted octanol–water partition coefficient (Wildman–Crippen LogP) is 5.81. The Kier molecular flexibility index (Phi) is 4.72. The summed E-state index contributed by atoms with van der Waals surface area (Å²) in [4.78, 5) is 5.68. The highest BCUT2D eigenvalue weighted by Gasteiger charge is 2.27. The van der Waals surface area contributed by atoms with Crippen molar-refractivity contribution in [3.8, 4) is 11.1 Å². The molecule has 4 rings (SSSR count). The number of thiophene rings is 1. The largest absolute Gasteiger partial charge is 0.331 e. The van der Waals surface area contributed by atoms with E-state index >= 15 is 0 Å². The summed E-state index contributed by atoms with van der Waals surface area (Å²) in [5.41, 5.74) is 3.83. The third-order valence-electron chi connectivity index (χ3n) is 4.91. The van der Waals surface area contributed by atoms with Crippen molar-refractivity contribution in [2.75, 3.05) is 0 Å². The monoisotopic (exact) mass is 358 g/mol. The minimum Gasteiger partial charge on any atom is -0.331 e. The van der Waals surface area contributed by atoms with Crippen LogP contribution in [0.3, 0.4) is 0 Å². The molecule has 0 saturated heterocycles. The number of nitrogens with zero attached hydrogens (tertiary/aromatic N) is 2. The minimum atomic E-state index is -0.0321. The van der Waals surface area contributed by atoms with Crippen LogP contribution in [0.25, 0.3) is 11.1 Å². The lowest BCUT2D eigenvalue weighted by Gasteiger charge is -2.31. The van der Waals surface area contributed by atoms with Crippen molar-refractivity contribution in [1.29, 1.82) is 0 Å². The number of benzene rings is 2. The molecule has 0 saturated carbocycles. The molecule has 0 spiro atoms. The van der Waals surface area contributed by atoms with Crippen LogP contribution in [0.15, 0.2) is 90.8 Å². The van der Waals surface area contributed by atoms with E-state index < -0.39 is 0 Å². The first-order chi connectivity index (χ1) is 12.7. The molecule has 0 aliphatic heterocycles. The van der Waals surface area contributed by atoms with Crippen molar-refractivity contribution >= 4 is 11.3 Å². The molecule has 130 valence electrons. The van der Waals surface area contributed by atoms with Gasteiger partial charge in [0.05, 0.1) is 11.9 Å². The van der Waals surface area contributed by atoms with Gasteiger partial charge in [-0.3, -0.25) is 0 Å². The summed E-state index contributed by atoms with van der Waals surface area (Å²) in [6.45, 7) is 2.32. The summed E-state index contributed by atoms with van der Waals surface area (Å²) in [7, 11) is 0. The first-order valence-electron chi connectivity index (χ1n) is 8.88. The highest BCUT2D eigenvalue weighted by molar-refractivity contribution is 7.09. The van der Waals surface area contributed by atoms with E-state index in [0.717, 1.165) is 12.8 Å². The van der Waals surface area contributed by atoms with Crippen LogP contribution < -0.4 is 0 Å². The Balaban J connectivity index is 1.60. The van der Waals surface area contributed by atoms with Crippen molar-refractivity contribution in [3.05, 3.63) is 101 Å². The maximum Gasteiger partial charge on any atom is 0.0951 e. The zero-order chi connectivity index (χ0) is 17.8. The lowest BCUT2D eigenvalue weighted by atomic mass is 9.88. The number of hydrogen-bond donors (Lipinski definition) is 0. The molecule has 0 N–H and O–H groups in total. The van der Waals surface area contributed by atoms with Crippen molar-refractivity contribution in [3.63, 3.8) is 0 Å². The minimum absolute atomic E-state index is 0.0321. The number of rotatable bonds is 6. The molecular formula is C23H22N2S. The van der Waals surface area contributed by atoms with Gasteiger partial charge >= 0.3 is 0 Å². The summed E-state index contributed by atoms with van der Waals surface area (Å²) >= 11 is 1.82. The average Bonchev–Trinajstić information content (AvgIpc) is 3.37. The number of hydrogen-bond acceptors (Lipinski definition) is 2. The van der Waals surface area contributed by atoms with Crippen LogP contribution in [0.4, 0.5) is 0 Å². The zero-order valence-corrected chi connectivity index (χ0v) is 15.7. The third-order valence-corrected chi connectivity index (χ3v) is 5.79. The van der Waals surface area contributed by atoms with Crippen LogP contribution >= 0.6 is 11.3 Å². The third kappa shape index (κ3) is 3.63. The Bertz CT molecular complexity index is 926. The first kappa shape index (κ1) is 16.8. The van der Waals surface area contributed by atoms with Crippen molar-refractivity contribution in [1.82, 2.24) is 9.55 Å². The van der Waals surface area contributed by atoms with Gasteiger partial charge in [0.2, 0.25) is 0 Å². The van der Waals surface area contributed by atoms with Gasteiger partial charge in [0.1, 0.15) is 0 Å². The van der Waals surface area contributed by atoms with Gasteiger partial charge in [-0.15, -0.1) is 11.3 Å². The molecule has 3 heteroatoms. The van der Waals surface area contributed by atoms with E-state index in [1.165, 1.54) is 21.6 Å². The van der Waals surface area contributed by atoms with E-state index in [1.54, 1.807) is 0 Å². The van der Waals surface area contributed by atoms with E-state index in [2.05, 4.69) is 94.8 Å². The molecule has 1 unspecified atom stereocenters. The van der Waals surface area contributed by atoms with Crippen LogP contribution in [0.5, 0.6) is 0 Å². The van der Waals surface area contributed by atoms with Gasteiger partial charge in [0.15, 0.2) is 0 Å². The number of imidazole rings is 1. The van der Waals surface area contributed by atoms with Crippen LogP contribution in [-0.4, -0.2) is 9.55 Å². The van der Waals surface area contributed by atoms with E-state index in [0.29, 0.717) is 0 Å². The molecule has 0 aliphatic rings. The van der Waals surface area contributed by atoms with Gasteiger partial charge in [-0.1, -0.05) is 60.7 Å². The maximum atomic E-state index is 4.28. The highest BCUT2D eigenvalue weighted by Crippen LogP contribution is 2.29. The quantitative estimate of drug-likeness (QED) is 0.425. The van der Waals surface area contributed by atoms with E-state index in [4.69, 9.17) is 0 Å². The molecule has 2 heterocycles. The SMILES string of the molecule is CC(Cc1ccc(-c2ccccc2)cc1)(Cc1cccs1)n1ccnc1. The molecule has 4 aromatic rings. The average molecular weight is 359 g/mol. The molecule has 0 aliphatic carbocycles. The van der Waals surface area contributed by atoms with Crippen molar-refractivity contribution in [2.45, 2.75) is 25.3 Å². The molecule has 0 bridgehead atoms. The second-order valence-corrected chi connectivity index (χ2v) is 8.00. The topological polar surface area (TPSA) is 17.8 Å². The zero-order valence-electron chi connectivity index (χ0n) is 14.9. The van der Waals surface area contributed by atoms with Crippen LogP contribution in [-0.2, 0) is 18.4 Å². The van der Waals surface area contributed by atoms with Crippen LogP contribution in [0, 0.1) is 0 Å². The highest BCUT2D eigenvalue weighted by atomic mass is 32.1. The van der Waals surface area contributed by atoms with Gasteiger partial charge in [-0.25, -0.2) is 4.98 Å². The number of aromatic nitrogens is 2. The fraction of sp³-hybridized carbons (Fsp3) is 0.174. The fourth-order valence-corrected chi connectivity index (χ4v) is 4.38. The summed E-state index contributed by atoms with van der Waals surface area (Å²) < 4.78 is 2.25. The summed E-state index contributed by atoms with van der Waals surface area (Å²) in [6, 6.07) is 23.8. The Morgan fingerprint density at radius 2 is 1.65 bits per heavy atom. The smallest absolute Gasteiger partial charge is 0.0951 e. The van der Waals surface area contributed by atoms with E-state index in [1.807, 2.05) is 23.9 Å². The molecular weight excluding hydrogens is 336 g/mol. The maximum absolute atomic E-state index is 4.28. The van der Waals surface area contributed by atoms with Gasteiger partial charge < -0.3 is 4.57 Å². The van der Waals surface area contributed by atoms with Gasteiger partial charge in [0.25, 0.3) is 0 Å². The lowest BCUT2D eigenvalue weighted by Crippen LogP contribution is -2.34. The molecule has 1 atom stereocenters. The molecule has 2 aromatic carbocycles. The summed E-state index contributed by atoms with van der Waals surface area (Å²) in [5.74, 6) is 0. The Morgan fingerprint density at radius 1 is 0.885 bits per heavy atom. The Morgan fingerprint density at radius 3 is 2.31 bits per heavy atom. The normalized spacial score (nSPS) is 13.4.